The van der Waals surface area contributed by atoms with Crippen molar-refractivity contribution in [3.8, 4) is 0 Å². The molecule has 2 amide bonds. The van der Waals surface area contributed by atoms with Gasteiger partial charge in [0.2, 0.25) is 11.8 Å². The van der Waals surface area contributed by atoms with Gasteiger partial charge in [0.25, 0.3) is 0 Å². The van der Waals surface area contributed by atoms with Gasteiger partial charge in [0.15, 0.2) is 0 Å². The van der Waals surface area contributed by atoms with Crippen LogP contribution in [0.5, 0.6) is 0 Å². The van der Waals surface area contributed by atoms with Crippen molar-refractivity contribution >= 4 is 11.8 Å². The standard InChI is InChI=1S/C14H19FN2O2/c1-9(2)7-13(18)17-12(14(16)19)8-10-5-3-4-6-11(10)15/h3-6,9,12H,7-8H2,1-2H3,(H2,16,19)(H,17,18)/t12-/m1/s1. The number of nitrogens with one attached hydrogen (secondary N) is 1. The number of hydrogen-bond donors (Lipinski definition) is 2. The van der Waals surface area contributed by atoms with E-state index in [0.29, 0.717) is 12.0 Å². The molecule has 19 heavy (non-hydrogen) atoms. The molecule has 0 aromatic heterocycles. The van der Waals surface area contributed by atoms with E-state index in [4.69, 9.17) is 5.73 Å². The van der Waals surface area contributed by atoms with E-state index in [1.165, 1.54) is 6.07 Å². The number of carbonyl (C=O) groups is 2. The molecule has 104 valence electrons. The lowest BCUT2D eigenvalue weighted by atomic mass is 10.0. The maximum atomic E-state index is 13.5. The smallest absolute Gasteiger partial charge is 0.240 e. The Morgan fingerprint density at radius 1 is 1.32 bits per heavy atom. The lowest BCUT2D eigenvalue weighted by Gasteiger charge is -2.16. The van der Waals surface area contributed by atoms with E-state index < -0.39 is 17.8 Å². The summed E-state index contributed by atoms with van der Waals surface area (Å²) in [6.45, 7) is 3.80. The summed E-state index contributed by atoms with van der Waals surface area (Å²) in [6.07, 6.45) is 0.368. The van der Waals surface area contributed by atoms with Crippen LogP contribution in [0.4, 0.5) is 4.39 Å². The molecule has 4 nitrogen and oxygen atoms in total. The summed E-state index contributed by atoms with van der Waals surface area (Å²) in [5.74, 6) is -1.15. The van der Waals surface area contributed by atoms with Crippen LogP contribution in [0.2, 0.25) is 0 Å². The molecule has 0 saturated carbocycles. The van der Waals surface area contributed by atoms with Crippen LogP contribution in [0.15, 0.2) is 24.3 Å². The van der Waals surface area contributed by atoms with Crippen LogP contribution in [-0.2, 0) is 16.0 Å². The molecule has 1 atom stereocenters. The average Bonchev–Trinajstić information content (AvgIpc) is 2.29. The van der Waals surface area contributed by atoms with Gasteiger partial charge in [0.05, 0.1) is 0 Å². The maximum absolute atomic E-state index is 13.5. The van der Waals surface area contributed by atoms with E-state index in [2.05, 4.69) is 5.32 Å². The summed E-state index contributed by atoms with van der Waals surface area (Å²) in [6, 6.07) is 5.23. The molecule has 1 aromatic rings. The molecule has 3 N–H and O–H groups in total. The molecule has 0 fully saturated rings. The number of rotatable bonds is 6. The van der Waals surface area contributed by atoms with Crippen molar-refractivity contribution in [3.63, 3.8) is 0 Å². The van der Waals surface area contributed by atoms with E-state index >= 15 is 0 Å². The Morgan fingerprint density at radius 3 is 2.47 bits per heavy atom. The number of benzene rings is 1. The number of halogens is 1. The van der Waals surface area contributed by atoms with Gasteiger partial charge in [0, 0.05) is 12.8 Å². The van der Waals surface area contributed by atoms with Crippen molar-refractivity contribution in [1.29, 1.82) is 0 Å². The minimum Gasteiger partial charge on any atom is -0.368 e. The largest absolute Gasteiger partial charge is 0.368 e. The minimum atomic E-state index is -0.886. The Morgan fingerprint density at radius 2 is 1.95 bits per heavy atom. The molecule has 0 spiro atoms. The summed E-state index contributed by atoms with van der Waals surface area (Å²) in [5.41, 5.74) is 5.60. The van der Waals surface area contributed by atoms with Crippen LogP contribution in [0, 0.1) is 11.7 Å². The van der Waals surface area contributed by atoms with Crippen LogP contribution < -0.4 is 11.1 Å². The number of nitrogens with two attached hydrogens (primary N) is 1. The van der Waals surface area contributed by atoms with E-state index in [1.807, 2.05) is 13.8 Å². The van der Waals surface area contributed by atoms with Crippen LogP contribution in [0.1, 0.15) is 25.8 Å². The molecular weight excluding hydrogens is 247 g/mol. The first-order valence-electron chi connectivity index (χ1n) is 6.22. The van der Waals surface area contributed by atoms with Crippen molar-refractivity contribution in [2.24, 2.45) is 11.7 Å². The zero-order valence-corrected chi connectivity index (χ0v) is 11.2. The summed E-state index contributed by atoms with van der Waals surface area (Å²) < 4.78 is 13.5. The molecule has 0 radical (unpaired) electrons. The summed E-state index contributed by atoms with van der Waals surface area (Å²) in [4.78, 5) is 23.0. The van der Waals surface area contributed by atoms with Gasteiger partial charge in [-0.25, -0.2) is 4.39 Å². The fourth-order valence-electron chi connectivity index (χ4n) is 1.73. The van der Waals surface area contributed by atoms with Crippen molar-refractivity contribution in [2.45, 2.75) is 32.7 Å². The number of amides is 2. The molecule has 1 rings (SSSR count). The first-order valence-corrected chi connectivity index (χ1v) is 6.22. The molecule has 0 unspecified atom stereocenters. The molecule has 0 bridgehead atoms. The highest BCUT2D eigenvalue weighted by molar-refractivity contribution is 5.86. The van der Waals surface area contributed by atoms with Gasteiger partial charge >= 0.3 is 0 Å². The highest BCUT2D eigenvalue weighted by atomic mass is 19.1. The second-order valence-electron chi connectivity index (χ2n) is 4.92. The minimum absolute atomic E-state index is 0.0614. The zero-order valence-electron chi connectivity index (χ0n) is 11.2. The Balaban J connectivity index is 2.71. The zero-order chi connectivity index (χ0) is 14.4. The molecule has 0 heterocycles. The molecule has 5 heteroatoms. The second-order valence-corrected chi connectivity index (χ2v) is 4.92. The summed E-state index contributed by atoms with van der Waals surface area (Å²) in [7, 11) is 0. The predicted molar refractivity (Wildman–Crippen MR) is 70.7 cm³/mol. The lowest BCUT2D eigenvalue weighted by Crippen LogP contribution is -2.46. The third kappa shape index (κ3) is 5.07. The van der Waals surface area contributed by atoms with Crippen LogP contribution in [0.3, 0.4) is 0 Å². The van der Waals surface area contributed by atoms with Gasteiger partial charge in [0.1, 0.15) is 11.9 Å². The summed E-state index contributed by atoms with van der Waals surface area (Å²) in [5, 5.41) is 2.54. The summed E-state index contributed by atoms with van der Waals surface area (Å²) >= 11 is 0. The topological polar surface area (TPSA) is 72.2 Å². The highest BCUT2D eigenvalue weighted by Crippen LogP contribution is 2.09. The van der Waals surface area contributed by atoms with Crippen molar-refractivity contribution in [3.05, 3.63) is 35.6 Å². The second kappa shape index (κ2) is 6.87. The highest BCUT2D eigenvalue weighted by Gasteiger charge is 2.20. The van der Waals surface area contributed by atoms with E-state index in [0.717, 1.165) is 0 Å². The monoisotopic (exact) mass is 266 g/mol. The fourth-order valence-corrected chi connectivity index (χ4v) is 1.73. The number of primary amides is 1. The Labute approximate surface area is 112 Å². The van der Waals surface area contributed by atoms with Gasteiger partial charge in [-0.2, -0.15) is 0 Å². The van der Waals surface area contributed by atoms with Crippen molar-refractivity contribution < 1.29 is 14.0 Å². The van der Waals surface area contributed by atoms with E-state index in [-0.39, 0.29) is 18.2 Å². The quantitative estimate of drug-likeness (QED) is 0.816. The first-order chi connectivity index (χ1) is 8.90. The number of carbonyl (C=O) groups excluding carboxylic acids is 2. The van der Waals surface area contributed by atoms with Crippen molar-refractivity contribution in [1.82, 2.24) is 5.32 Å². The van der Waals surface area contributed by atoms with E-state index in [9.17, 15) is 14.0 Å². The normalized spacial score (nSPS) is 12.2. The molecular formula is C14H19FN2O2. The molecule has 0 aliphatic rings. The number of hydrogen-bond acceptors (Lipinski definition) is 2. The maximum Gasteiger partial charge on any atom is 0.240 e. The van der Waals surface area contributed by atoms with Gasteiger partial charge in [-0.3, -0.25) is 9.59 Å². The first kappa shape index (κ1) is 15.1. The molecule has 0 aliphatic heterocycles. The van der Waals surface area contributed by atoms with Gasteiger partial charge in [-0.1, -0.05) is 32.0 Å². The van der Waals surface area contributed by atoms with Gasteiger partial charge in [-0.15, -0.1) is 0 Å². The third-order valence-electron chi connectivity index (χ3n) is 2.65. The Kier molecular flexibility index (Phi) is 5.48. The van der Waals surface area contributed by atoms with E-state index in [1.54, 1.807) is 18.2 Å². The van der Waals surface area contributed by atoms with Gasteiger partial charge < -0.3 is 11.1 Å². The van der Waals surface area contributed by atoms with Crippen LogP contribution in [0.25, 0.3) is 0 Å². The van der Waals surface area contributed by atoms with Gasteiger partial charge in [-0.05, 0) is 17.5 Å². The molecule has 0 aliphatic carbocycles. The molecule has 0 saturated heterocycles. The Bertz CT molecular complexity index is 461. The van der Waals surface area contributed by atoms with Crippen LogP contribution in [-0.4, -0.2) is 17.9 Å². The Hall–Kier alpha value is -1.91. The van der Waals surface area contributed by atoms with Crippen molar-refractivity contribution in [2.75, 3.05) is 0 Å². The van der Waals surface area contributed by atoms with Crippen LogP contribution >= 0.6 is 0 Å². The average molecular weight is 266 g/mol. The third-order valence-corrected chi connectivity index (χ3v) is 2.65. The molecule has 1 aromatic carbocycles. The predicted octanol–water partition coefficient (Wildman–Crippen LogP) is 1.38. The SMILES string of the molecule is CC(C)CC(=O)N[C@H](Cc1ccccc1F)C(N)=O. The fraction of sp³-hybridized carbons (Fsp3) is 0.429. The lowest BCUT2D eigenvalue weighted by molar-refractivity contribution is -0.127.